The lowest BCUT2D eigenvalue weighted by Crippen LogP contribution is -2.34. The number of carbonyl (C=O) groups is 1. The Morgan fingerprint density at radius 1 is 1.29 bits per heavy atom. The molecule has 0 aliphatic heterocycles. The average molecular weight is 361 g/mol. The van der Waals surface area contributed by atoms with Gasteiger partial charge in [-0.2, -0.15) is 0 Å². The van der Waals surface area contributed by atoms with Gasteiger partial charge >= 0.3 is 0 Å². The topological polar surface area (TPSA) is 42.0 Å². The highest BCUT2D eigenvalue weighted by atomic mass is 32.2. The minimum absolute atomic E-state index is 0.0369. The number of aromatic nitrogens is 1. The van der Waals surface area contributed by atoms with E-state index in [9.17, 15) is 4.79 Å². The van der Waals surface area contributed by atoms with E-state index in [2.05, 4.69) is 22.6 Å². The van der Waals surface area contributed by atoms with E-state index in [1.807, 2.05) is 31.2 Å². The quantitative estimate of drug-likeness (QED) is 0.733. The minimum Gasteiger partial charge on any atom is -0.351 e. The monoisotopic (exact) mass is 360 g/mol. The first-order chi connectivity index (χ1) is 11.5. The van der Waals surface area contributed by atoms with Gasteiger partial charge in [0.2, 0.25) is 0 Å². The molecular weight excluding hydrogens is 336 g/mol. The third kappa shape index (κ3) is 4.61. The summed E-state index contributed by atoms with van der Waals surface area (Å²) in [6, 6.07) is 7.88. The lowest BCUT2D eigenvalue weighted by Gasteiger charge is -2.23. The molecule has 1 fully saturated rings. The van der Waals surface area contributed by atoms with E-state index in [0.717, 1.165) is 28.6 Å². The van der Waals surface area contributed by atoms with Crippen molar-refractivity contribution in [2.24, 2.45) is 5.41 Å². The summed E-state index contributed by atoms with van der Waals surface area (Å²) in [7, 11) is 0. The Morgan fingerprint density at radius 3 is 2.62 bits per heavy atom. The molecule has 5 heteroatoms. The first-order valence-electron chi connectivity index (χ1n) is 8.46. The molecule has 0 atom stereocenters. The van der Waals surface area contributed by atoms with E-state index >= 15 is 0 Å². The summed E-state index contributed by atoms with van der Waals surface area (Å²) in [5.74, 6) is 0.906. The van der Waals surface area contributed by atoms with Crippen molar-refractivity contribution >= 4 is 29.0 Å². The number of hydrogen-bond donors (Lipinski definition) is 1. The predicted molar refractivity (Wildman–Crippen MR) is 102 cm³/mol. The highest BCUT2D eigenvalue weighted by Gasteiger charge is 2.28. The molecule has 0 saturated heterocycles. The van der Waals surface area contributed by atoms with Gasteiger partial charge in [-0.15, -0.1) is 23.1 Å². The van der Waals surface area contributed by atoms with Gasteiger partial charge in [0.25, 0.3) is 5.91 Å². The molecule has 3 nitrogen and oxygen atoms in total. The van der Waals surface area contributed by atoms with Gasteiger partial charge in [-0.1, -0.05) is 19.8 Å². The number of rotatable bonds is 6. The van der Waals surface area contributed by atoms with Gasteiger partial charge < -0.3 is 5.32 Å². The Bertz CT molecular complexity index is 688. The van der Waals surface area contributed by atoms with Crippen LogP contribution in [0.1, 0.15) is 53.7 Å². The van der Waals surface area contributed by atoms with Crippen molar-refractivity contribution in [3.8, 4) is 0 Å². The van der Waals surface area contributed by atoms with Gasteiger partial charge in [-0.25, -0.2) is 4.98 Å². The fraction of sp³-hybridized carbons (Fsp3) is 0.474. The van der Waals surface area contributed by atoms with Crippen LogP contribution in [0.3, 0.4) is 0 Å². The number of amides is 1. The van der Waals surface area contributed by atoms with Crippen LogP contribution in [0.2, 0.25) is 0 Å². The van der Waals surface area contributed by atoms with Gasteiger partial charge in [0.1, 0.15) is 0 Å². The number of aryl methyl sites for hydroxylation is 1. The molecule has 1 N–H and O–H groups in total. The summed E-state index contributed by atoms with van der Waals surface area (Å²) in [4.78, 5) is 18.0. The van der Waals surface area contributed by atoms with E-state index in [4.69, 9.17) is 0 Å². The van der Waals surface area contributed by atoms with Crippen LogP contribution in [0.4, 0.5) is 0 Å². The van der Waals surface area contributed by atoms with Crippen LogP contribution in [0.15, 0.2) is 34.5 Å². The van der Waals surface area contributed by atoms with Crippen LogP contribution in [-0.4, -0.2) is 17.4 Å². The molecule has 3 rings (SSSR count). The second kappa shape index (κ2) is 7.70. The fourth-order valence-corrected chi connectivity index (χ4v) is 4.64. The van der Waals surface area contributed by atoms with Gasteiger partial charge in [-0.3, -0.25) is 4.79 Å². The Hall–Kier alpha value is -1.33. The maximum Gasteiger partial charge on any atom is 0.251 e. The molecule has 0 radical (unpaired) electrons. The third-order valence-electron chi connectivity index (χ3n) is 4.66. The molecular formula is C19H24N2OS2. The van der Waals surface area contributed by atoms with E-state index in [0.29, 0.717) is 0 Å². The first-order valence-corrected chi connectivity index (χ1v) is 10.3. The number of nitrogens with one attached hydrogen (secondary N) is 1. The van der Waals surface area contributed by atoms with E-state index in [1.54, 1.807) is 23.1 Å². The van der Waals surface area contributed by atoms with Gasteiger partial charge in [-0.05, 0) is 49.4 Å². The normalized spacial score (nSPS) is 16.2. The van der Waals surface area contributed by atoms with Crippen LogP contribution < -0.4 is 5.32 Å². The zero-order valence-corrected chi connectivity index (χ0v) is 15.9. The summed E-state index contributed by atoms with van der Waals surface area (Å²) < 4.78 is 0. The Kier molecular flexibility index (Phi) is 5.61. The molecule has 0 unspecified atom stereocenters. The van der Waals surface area contributed by atoms with Crippen LogP contribution >= 0.6 is 23.1 Å². The summed E-state index contributed by atoms with van der Waals surface area (Å²) >= 11 is 3.44. The Morgan fingerprint density at radius 2 is 2.00 bits per heavy atom. The summed E-state index contributed by atoms with van der Waals surface area (Å²) in [5, 5.41) is 6.32. The van der Waals surface area contributed by atoms with Crippen molar-refractivity contribution in [1.82, 2.24) is 10.3 Å². The average Bonchev–Trinajstić information content (AvgIpc) is 3.20. The lowest BCUT2D eigenvalue weighted by atomic mass is 9.89. The third-order valence-corrected chi connectivity index (χ3v) is 6.52. The van der Waals surface area contributed by atoms with Crippen molar-refractivity contribution in [1.29, 1.82) is 0 Å². The number of hydrogen-bond acceptors (Lipinski definition) is 4. The smallest absolute Gasteiger partial charge is 0.251 e. The number of benzene rings is 1. The second-order valence-corrected chi connectivity index (χ2v) is 8.98. The molecule has 2 aromatic rings. The number of thioether (sulfide) groups is 1. The van der Waals surface area contributed by atoms with Crippen molar-refractivity contribution in [2.75, 3.05) is 6.54 Å². The lowest BCUT2D eigenvalue weighted by molar-refractivity contribution is 0.0934. The largest absolute Gasteiger partial charge is 0.351 e. The van der Waals surface area contributed by atoms with Crippen LogP contribution in [0.25, 0.3) is 0 Å². The molecule has 128 valence electrons. The molecule has 1 amide bonds. The van der Waals surface area contributed by atoms with E-state index < -0.39 is 0 Å². The maximum atomic E-state index is 12.3. The fourth-order valence-electron chi connectivity index (χ4n) is 3.14. The second-order valence-electron chi connectivity index (χ2n) is 6.87. The van der Waals surface area contributed by atoms with Crippen LogP contribution in [-0.2, 0) is 5.75 Å². The van der Waals surface area contributed by atoms with Crippen molar-refractivity contribution in [2.45, 2.75) is 50.2 Å². The van der Waals surface area contributed by atoms with Gasteiger partial charge in [0.15, 0.2) is 0 Å². The molecule has 1 saturated carbocycles. The zero-order valence-electron chi connectivity index (χ0n) is 14.3. The first kappa shape index (κ1) is 17.5. The Balaban J connectivity index is 1.50. The van der Waals surface area contributed by atoms with E-state index in [1.165, 1.54) is 30.6 Å². The van der Waals surface area contributed by atoms with Crippen molar-refractivity contribution < 1.29 is 4.79 Å². The van der Waals surface area contributed by atoms with E-state index in [-0.39, 0.29) is 11.3 Å². The standard InChI is InChI=1S/C19H24N2OS2/c1-14-21-16(11-23-14)12-24-17-7-5-15(6-8-17)18(22)20-13-19(2)9-3-4-10-19/h5-8,11H,3-4,9-10,12-13H2,1-2H3,(H,20,22). The molecule has 1 aromatic heterocycles. The molecule has 1 heterocycles. The molecule has 0 spiro atoms. The zero-order chi connectivity index (χ0) is 17.0. The minimum atomic E-state index is 0.0369. The molecule has 1 aliphatic rings. The van der Waals surface area contributed by atoms with Crippen molar-refractivity contribution in [3.63, 3.8) is 0 Å². The van der Waals surface area contributed by atoms with Gasteiger partial charge in [0.05, 0.1) is 10.7 Å². The number of nitrogens with zero attached hydrogens (tertiary/aromatic N) is 1. The molecule has 1 aromatic carbocycles. The molecule has 0 bridgehead atoms. The molecule has 24 heavy (non-hydrogen) atoms. The molecule has 1 aliphatic carbocycles. The Labute approximate surface area is 152 Å². The van der Waals surface area contributed by atoms with Gasteiger partial charge in [0, 0.05) is 28.1 Å². The number of carbonyl (C=O) groups excluding carboxylic acids is 1. The summed E-state index contributed by atoms with van der Waals surface area (Å²) in [5.41, 5.74) is 2.15. The predicted octanol–water partition coefficient (Wildman–Crippen LogP) is 5.05. The highest BCUT2D eigenvalue weighted by Crippen LogP contribution is 2.36. The maximum absolute atomic E-state index is 12.3. The number of thiazole rings is 1. The van der Waals surface area contributed by atoms with Crippen molar-refractivity contribution in [3.05, 3.63) is 45.9 Å². The summed E-state index contributed by atoms with van der Waals surface area (Å²) in [6.07, 6.45) is 5.02. The SMILES string of the molecule is Cc1nc(CSc2ccc(C(=O)NCC3(C)CCCC3)cc2)cs1. The van der Waals surface area contributed by atoms with Crippen LogP contribution in [0.5, 0.6) is 0 Å². The van der Waals surface area contributed by atoms with Crippen LogP contribution in [0, 0.1) is 12.3 Å². The highest BCUT2D eigenvalue weighted by molar-refractivity contribution is 7.98. The summed E-state index contributed by atoms with van der Waals surface area (Å²) in [6.45, 7) is 5.09.